The van der Waals surface area contributed by atoms with Crippen LogP contribution in [0.5, 0.6) is 0 Å². The number of aromatic amines is 1. The first-order chi connectivity index (χ1) is 11.8. The lowest BCUT2D eigenvalue weighted by molar-refractivity contribution is 0.244. The number of hydrogen-bond donors (Lipinski definition) is 1. The molecule has 0 amide bonds. The van der Waals surface area contributed by atoms with Gasteiger partial charge in [0.1, 0.15) is 5.82 Å². The van der Waals surface area contributed by atoms with Gasteiger partial charge in [0.2, 0.25) is 0 Å². The Bertz CT molecular complexity index is 811. The third-order valence-electron chi connectivity index (χ3n) is 4.66. The molecule has 5 heteroatoms. The minimum absolute atomic E-state index is 0.366. The average molecular weight is 319 g/mol. The molecule has 122 valence electrons. The third kappa shape index (κ3) is 2.95. The van der Waals surface area contributed by atoms with Crippen molar-refractivity contribution in [2.45, 2.75) is 32.4 Å². The monoisotopic (exact) mass is 319 g/mol. The molecule has 1 aliphatic heterocycles. The highest BCUT2D eigenvalue weighted by molar-refractivity contribution is 5.62. The summed E-state index contributed by atoms with van der Waals surface area (Å²) in [4.78, 5) is 11.4. The summed E-state index contributed by atoms with van der Waals surface area (Å²) < 4.78 is 0. The molecule has 24 heavy (non-hydrogen) atoms. The molecule has 1 aromatic carbocycles. The maximum absolute atomic E-state index is 4.64. The lowest BCUT2D eigenvalue weighted by Gasteiger charge is -2.24. The maximum atomic E-state index is 4.64. The van der Waals surface area contributed by atoms with E-state index in [4.69, 9.17) is 0 Å². The molecule has 4 rings (SSSR count). The molecule has 3 heterocycles. The van der Waals surface area contributed by atoms with Gasteiger partial charge in [-0.1, -0.05) is 30.3 Å². The summed E-state index contributed by atoms with van der Waals surface area (Å²) in [5, 5.41) is 7.43. The van der Waals surface area contributed by atoms with Gasteiger partial charge in [-0.15, -0.1) is 0 Å². The second kappa shape index (κ2) is 6.53. The highest BCUT2D eigenvalue weighted by Gasteiger charge is 2.28. The van der Waals surface area contributed by atoms with E-state index in [0.29, 0.717) is 6.04 Å². The Morgan fingerprint density at radius 3 is 2.92 bits per heavy atom. The standard InChI is InChI=1S/C19H21N5/c1-14-20-10-9-17(22-14)18-8-5-11-24(18)13-16-12-21-23-19(16)15-6-3-2-4-7-15/h2-4,6-7,9-10,12,18H,5,8,11,13H2,1H3,(H,21,23)/t18-/m0/s1. The Morgan fingerprint density at radius 2 is 2.08 bits per heavy atom. The lowest BCUT2D eigenvalue weighted by Crippen LogP contribution is -2.23. The van der Waals surface area contributed by atoms with Crippen LogP contribution in [0.2, 0.25) is 0 Å². The fourth-order valence-electron chi connectivity index (χ4n) is 3.51. The number of hydrogen-bond acceptors (Lipinski definition) is 4. The highest BCUT2D eigenvalue weighted by atomic mass is 15.2. The number of aromatic nitrogens is 4. The van der Waals surface area contributed by atoms with Crippen molar-refractivity contribution in [1.29, 1.82) is 0 Å². The van der Waals surface area contributed by atoms with E-state index in [1.54, 1.807) is 0 Å². The van der Waals surface area contributed by atoms with Crippen LogP contribution in [0.25, 0.3) is 11.3 Å². The summed E-state index contributed by atoms with van der Waals surface area (Å²) in [5.41, 5.74) is 4.65. The zero-order valence-corrected chi connectivity index (χ0v) is 13.8. The molecule has 0 unspecified atom stereocenters. The third-order valence-corrected chi connectivity index (χ3v) is 4.66. The first-order valence-corrected chi connectivity index (χ1v) is 8.42. The van der Waals surface area contributed by atoms with Crippen molar-refractivity contribution < 1.29 is 0 Å². The van der Waals surface area contributed by atoms with Gasteiger partial charge in [0.25, 0.3) is 0 Å². The maximum Gasteiger partial charge on any atom is 0.125 e. The quantitative estimate of drug-likeness (QED) is 0.799. The molecule has 1 saturated heterocycles. The van der Waals surface area contributed by atoms with Crippen molar-refractivity contribution in [3.63, 3.8) is 0 Å². The normalized spacial score (nSPS) is 18.1. The van der Waals surface area contributed by atoms with Crippen LogP contribution in [0.15, 0.2) is 48.8 Å². The summed E-state index contributed by atoms with van der Waals surface area (Å²) in [5.74, 6) is 0.840. The van der Waals surface area contributed by atoms with Crippen molar-refractivity contribution in [1.82, 2.24) is 25.1 Å². The first kappa shape index (κ1) is 15.0. The average Bonchev–Trinajstić information content (AvgIpc) is 3.25. The van der Waals surface area contributed by atoms with Crippen LogP contribution in [0.4, 0.5) is 0 Å². The van der Waals surface area contributed by atoms with Crippen molar-refractivity contribution >= 4 is 0 Å². The van der Waals surface area contributed by atoms with E-state index in [2.05, 4.69) is 49.3 Å². The van der Waals surface area contributed by atoms with Gasteiger partial charge in [0.05, 0.1) is 23.6 Å². The number of likely N-dealkylation sites (tertiary alicyclic amines) is 1. The molecule has 0 radical (unpaired) electrons. The Balaban J connectivity index is 1.58. The molecular formula is C19H21N5. The largest absolute Gasteiger partial charge is 0.290 e. The lowest BCUT2D eigenvalue weighted by atomic mass is 10.1. The molecule has 1 aliphatic rings. The van der Waals surface area contributed by atoms with E-state index >= 15 is 0 Å². The second-order valence-corrected chi connectivity index (χ2v) is 6.29. The van der Waals surface area contributed by atoms with Crippen LogP contribution in [-0.2, 0) is 6.54 Å². The minimum atomic E-state index is 0.366. The summed E-state index contributed by atoms with van der Waals surface area (Å²) in [7, 11) is 0. The van der Waals surface area contributed by atoms with E-state index < -0.39 is 0 Å². The molecule has 1 N–H and O–H groups in total. The van der Waals surface area contributed by atoms with Crippen LogP contribution in [-0.4, -0.2) is 31.6 Å². The zero-order valence-electron chi connectivity index (χ0n) is 13.8. The Kier molecular flexibility index (Phi) is 4.09. The molecule has 1 fully saturated rings. The van der Waals surface area contributed by atoms with Gasteiger partial charge in [-0.3, -0.25) is 10.00 Å². The number of benzene rings is 1. The molecule has 3 aromatic rings. The van der Waals surface area contributed by atoms with Gasteiger partial charge < -0.3 is 0 Å². The predicted molar refractivity (Wildman–Crippen MR) is 93.2 cm³/mol. The molecule has 5 nitrogen and oxygen atoms in total. The number of nitrogens with one attached hydrogen (secondary N) is 1. The van der Waals surface area contributed by atoms with Crippen LogP contribution < -0.4 is 0 Å². The van der Waals surface area contributed by atoms with Crippen LogP contribution in [0.3, 0.4) is 0 Å². The topological polar surface area (TPSA) is 57.7 Å². The Labute approximate surface area is 141 Å². The fourth-order valence-corrected chi connectivity index (χ4v) is 3.51. The Morgan fingerprint density at radius 1 is 1.21 bits per heavy atom. The zero-order chi connectivity index (χ0) is 16.4. The van der Waals surface area contributed by atoms with E-state index in [-0.39, 0.29) is 0 Å². The van der Waals surface area contributed by atoms with Crippen LogP contribution in [0.1, 0.15) is 36.0 Å². The van der Waals surface area contributed by atoms with Crippen molar-refractivity contribution in [2.75, 3.05) is 6.54 Å². The highest BCUT2D eigenvalue weighted by Crippen LogP contribution is 2.33. The van der Waals surface area contributed by atoms with Gasteiger partial charge in [-0.2, -0.15) is 5.10 Å². The van der Waals surface area contributed by atoms with Crippen molar-refractivity contribution in [2.24, 2.45) is 0 Å². The number of aryl methyl sites for hydroxylation is 1. The summed E-state index contributed by atoms with van der Waals surface area (Å²) in [6.07, 6.45) is 6.16. The van der Waals surface area contributed by atoms with Gasteiger partial charge in [-0.25, -0.2) is 9.97 Å². The summed E-state index contributed by atoms with van der Waals surface area (Å²) in [6, 6.07) is 12.8. The number of rotatable bonds is 4. The SMILES string of the molecule is Cc1nccc([C@@H]2CCCN2Cc2cn[nH]c2-c2ccccc2)n1. The number of H-pyrrole nitrogens is 1. The molecular weight excluding hydrogens is 298 g/mol. The van der Waals surface area contributed by atoms with E-state index in [1.165, 1.54) is 17.5 Å². The summed E-state index contributed by atoms with van der Waals surface area (Å²) >= 11 is 0. The summed E-state index contributed by atoms with van der Waals surface area (Å²) in [6.45, 7) is 3.92. The molecule has 2 aromatic heterocycles. The van der Waals surface area contributed by atoms with Gasteiger partial charge in [0, 0.05) is 18.3 Å². The van der Waals surface area contributed by atoms with Crippen LogP contribution in [0, 0.1) is 6.92 Å². The molecule has 1 atom stereocenters. The molecule has 0 saturated carbocycles. The van der Waals surface area contributed by atoms with Crippen molar-refractivity contribution in [3.05, 3.63) is 65.9 Å². The predicted octanol–water partition coefficient (Wildman–Crippen LogP) is 3.51. The molecule has 0 aliphatic carbocycles. The van der Waals surface area contributed by atoms with Crippen LogP contribution >= 0.6 is 0 Å². The smallest absolute Gasteiger partial charge is 0.125 e. The Hall–Kier alpha value is -2.53. The first-order valence-electron chi connectivity index (χ1n) is 8.42. The molecule has 0 bridgehead atoms. The second-order valence-electron chi connectivity index (χ2n) is 6.29. The van der Waals surface area contributed by atoms with Gasteiger partial charge in [0.15, 0.2) is 0 Å². The van der Waals surface area contributed by atoms with Crippen molar-refractivity contribution in [3.8, 4) is 11.3 Å². The van der Waals surface area contributed by atoms with Gasteiger partial charge in [-0.05, 0) is 37.9 Å². The molecule has 0 spiro atoms. The van der Waals surface area contributed by atoms with E-state index in [1.807, 2.05) is 31.5 Å². The fraction of sp³-hybridized carbons (Fsp3) is 0.316. The van der Waals surface area contributed by atoms with E-state index in [0.717, 1.165) is 36.7 Å². The minimum Gasteiger partial charge on any atom is -0.290 e. The number of nitrogens with zero attached hydrogens (tertiary/aromatic N) is 4. The van der Waals surface area contributed by atoms with E-state index in [9.17, 15) is 0 Å². The van der Waals surface area contributed by atoms with Gasteiger partial charge >= 0.3 is 0 Å².